The number of esters is 1. The molecule has 0 aliphatic rings. The van der Waals surface area contributed by atoms with Crippen molar-refractivity contribution in [2.75, 3.05) is 6.54 Å². The number of carbonyl (C=O) groups is 4. The number of aromatic hydroxyl groups is 1. The molecule has 3 N–H and O–H groups in total. The van der Waals surface area contributed by atoms with Crippen LogP contribution in [0.4, 0.5) is 4.79 Å². The fraction of sp³-hybridized carbons (Fsp3) is 0.421. The molecular formula is C38H49N3O7. The number of rotatable bonds is 12. The van der Waals surface area contributed by atoms with Crippen molar-refractivity contribution in [3.63, 3.8) is 0 Å². The SMILES string of the molecule is CCN(C(=O)C(Cc1ccc(O)cc1)NC(=O)OC(C)(C)C)C(C(=O)NC(Cc1ccccc1)C(=O)OC(C)(C)C)c1ccc(C)cc1. The minimum absolute atomic E-state index is 0.0584. The maximum Gasteiger partial charge on any atom is 0.408 e. The highest BCUT2D eigenvalue weighted by atomic mass is 16.6. The first kappa shape index (κ1) is 37.6. The molecule has 0 aliphatic carbocycles. The summed E-state index contributed by atoms with van der Waals surface area (Å²) in [6, 6.07) is 19.5. The predicted molar refractivity (Wildman–Crippen MR) is 184 cm³/mol. The molecule has 3 aromatic carbocycles. The van der Waals surface area contributed by atoms with Gasteiger partial charge in [0.05, 0.1) is 0 Å². The minimum atomic E-state index is -1.16. The number of carbonyl (C=O) groups excluding carboxylic acids is 4. The largest absolute Gasteiger partial charge is 0.508 e. The molecule has 0 bridgehead atoms. The van der Waals surface area contributed by atoms with Crippen LogP contribution < -0.4 is 10.6 Å². The van der Waals surface area contributed by atoms with Gasteiger partial charge in [-0.2, -0.15) is 0 Å². The minimum Gasteiger partial charge on any atom is -0.508 e. The lowest BCUT2D eigenvalue weighted by Crippen LogP contribution is -2.55. The fourth-order valence-electron chi connectivity index (χ4n) is 5.07. The van der Waals surface area contributed by atoms with Crippen LogP contribution in [0.3, 0.4) is 0 Å². The monoisotopic (exact) mass is 659 g/mol. The van der Waals surface area contributed by atoms with Gasteiger partial charge in [0.2, 0.25) is 11.8 Å². The van der Waals surface area contributed by atoms with E-state index in [4.69, 9.17) is 9.47 Å². The molecule has 3 unspecified atom stereocenters. The van der Waals surface area contributed by atoms with Gasteiger partial charge in [0.25, 0.3) is 0 Å². The molecule has 0 radical (unpaired) electrons. The Labute approximate surface area is 283 Å². The number of amides is 3. The molecule has 10 nitrogen and oxygen atoms in total. The van der Waals surface area contributed by atoms with Gasteiger partial charge in [-0.15, -0.1) is 0 Å². The van der Waals surface area contributed by atoms with Gasteiger partial charge in [0.15, 0.2) is 0 Å². The number of ether oxygens (including phenoxy) is 2. The highest BCUT2D eigenvalue weighted by Gasteiger charge is 2.38. The molecule has 0 heterocycles. The molecule has 0 aliphatic heterocycles. The summed E-state index contributed by atoms with van der Waals surface area (Å²) in [5.74, 6) is -1.66. The average molecular weight is 660 g/mol. The third kappa shape index (κ3) is 11.7. The van der Waals surface area contributed by atoms with Gasteiger partial charge in [0.1, 0.15) is 35.1 Å². The molecule has 0 fully saturated rings. The first-order chi connectivity index (χ1) is 22.5. The van der Waals surface area contributed by atoms with Crippen molar-refractivity contribution in [1.82, 2.24) is 15.5 Å². The number of hydrogen-bond acceptors (Lipinski definition) is 7. The van der Waals surface area contributed by atoms with Crippen LogP contribution in [-0.2, 0) is 36.7 Å². The number of aryl methyl sites for hydroxylation is 1. The Morgan fingerprint density at radius 3 is 1.81 bits per heavy atom. The van der Waals surface area contributed by atoms with Gasteiger partial charge in [-0.05, 0) is 84.2 Å². The highest BCUT2D eigenvalue weighted by molar-refractivity contribution is 5.94. The van der Waals surface area contributed by atoms with Crippen LogP contribution in [0.1, 0.15) is 76.8 Å². The number of likely N-dealkylation sites (N-methyl/N-ethyl adjacent to an activating group) is 1. The Hall–Kier alpha value is -4.86. The van der Waals surface area contributed by atoms with E-state index in [1.807, 2.05) is 49.4 Å². The number of alkyl carbamates (subject to hydrolysis) is 1. The van der Waals surface area contributed by atoms with Crippen LogP contribution in [0.5, 0.6) is 5.75 Å². The molecule has 3 atom stereocenters. The molecule has 258 valence electrons. The quantitative estimate of drug-likeness (QED) is 0.210. The summed E-state index contributed by atoms with van der Waals surface area (Å²) in [5, 5.41) is 15.4. The number of phenolic OH excluding ortho intramolecular Hbond substituents is 1. The zero-order chi connectivity index (χ0) is 35.6. The zero-order valence-corrected chi connectivity index (χ0v) is 29.2. The Morgan fingerprint density at radius 1 is 0.729 bits per heavy atom. The third-order valence-electron chi connectivity index (χ3n) is 7.23. The maximum absolute atomic E-state index is 14.5. The molecular weight excluding hydrogens is 610 g/mol. The molecule has 10 heteroatoms. The molecule has 0 saturated heterocycles. The van der Waals surface area contributed by atoms with Crippen LogP contribution >= 0.6 is 0 Å². The lowest BCUT2D eigenvalue weighted by Gasteiger charge is -2.35. The van der Waals surface area contributed by atoms with E-state index in [1.165, 1.54) is 17.0 Å². The van der Waals surface area contributed by atoms with Gasteiger partial charge in [-0.25, -0.2) is 9.59 Å². The van der Waals surface area contributed by atoms with Crippen molar-refractivity contribution in [2.24, 2.45) is 0 Å². The Bertz CT molecular complexity index is 1530. The molecule has 0 spiro atoms. The lowest BCUT2D eigenvalue weighted by atomic mass is 9.98. The van der Waals surface area contributed by atoms with Crippen molar-refractivity contribution < 1.29 is 33.8 Å². The molecule has 3 aromatic rings. The van der Waals surface area contributed by atoms with E-state index in [0.29, 0.717) is 11.1 Å². The van der Waals surface area contributed by atoms with Gasteiger partial charge in [0, 0.05) is 19.4 Å². The smallest absolute Gasteiger partial charge is 0.408 e. The summed E-state index contributed by atoms with van der Waals surface area (Å²) in [6.07, 6.45) is -0.558. The maximum atomic E-state index is 14.5. The van der Waals surface area contributed by atoms with Crippen LogP contribution in [0.15, 0.2) is 78.9 Å². The lowest BCUT2D eigenvalue weighted by molar-refractivity contribution is -0.159. The van der Waals surface area contributed by atoms with Crippen LogP contribution in [0.25, 0.3) is 0 Å². The number of benzene rings is 3. The second kappa shape index (κ2) is 16.3. The summed E-state index contributed by atoms with van der Waals surface area (Å²) in [6.45, 7) is 14.2. The second-order valence-electron chi connectivity index (χ2n) is 13.8. The number of nitrogens with zero attached hydrogens (tertiary/aromatic N) is 1. The summed E-state index contributed by atoms with van der Waals surface area (Å²) in [7, 11) is 0. The van der Waals surface area contributed by atoms with E-state index in [9.17, 15) is 24.3 Å². The van der Waals surface area contributed by atoms with E-state index < -0.39 is 53.2 Å². The van der Waals surface area contributed by atoms with Gasteiger partial charge in [-0.1, -0.05) is 72.3 Å². The van der Waals surface area contributed by atoms with Crippen molar-refractivity contribution in [3.8, 4) is 5.75 Å². The van der Waals surface area contributed by atoms with Crippen molar-refractivity contribution in [2.45, 2.75) is 97.6 Å². The first-order valence-electron chi connectivity index (χ1n) is 16.2. The summed E-state index contributed by atoms with van der Waals surface area (Å²) >= 11 is 0. The first-order valence-corrected chi connectivity index (χ1v) is 16.2. The van der Waals surface area contributed by atoms with E-state index in [2.05, 4.69) is 10.6 Å². The standard InChI is InChI=1S/C38H49N3O7/c1-9-41(34(44)30(40-36(46)48-38(6,7)8)23-27-17-21-29(42)22-18-27)32(28-19-15-25(2)16-20-28)33(43)39-31(35(45)47-37(3,4)5)24-26-13-11-10-12-14-26/h10-22,30-32,42H,9,23-24H2,1-8H3,(H,39,43)(H,40,46). The molecule has 3 amide bonds. The third-order valence-corrected chi connectivity index (χ3v) is 7.23. The van der Waals surface area contributed by atoms with Crippen molar-refractivity contribution >= 4 is 23.9 Å². The normalized spacial score (nSPS) is 13.4. The summed E-state index contributed by atoms with van der Waals surface area (Å²) in [5.41, 5.74) is 1.35. The average Bonchev–Trinajstić information content (AvgIpc) is 2.99. The molecule has 3 rings (SSSR count). The van der Waals surface area contributed by atoms with Crippen molar-refractivity contribution in [1.29, 1.82) is 0 Å². The predicted octanol–water partition coefficient (Wildman–Crippen LogP) is 5.80. The summed E-state index contributed by atoms with van der Waals surface area (Å²) < 4.78 is 11.2. The number of nitrogens with one attached hydrogen (secondary N) is 2. The highest BCUT2D eigenvalue weighted by Crippen LogP contribution is 2.25. The molecule has 0 aromatic heterocycles. The number of hydrogen-bond donors (Lipinski definition) is 3. The Balaban J connectivity index is 2.04. The fourth-order valence-corrected chi connectivity index (χ4v) is 5.07. The molecule has 0 saturated carbocycles. The van der Waals surface area contributed by atoms with Gasteiger partial charge < -0.3 is 30.1 Å². The zero-order valence-electron chi connectivity index (χ0n) is 29.2. The van der Waals surface area contributed by atoms with E-state index in [1.54, 1.807) is 72.7 Å². The van der Waals surface area contributed by atoms with Crippen LogP contribution in [0, 0.1) is 6.92 Å². The molecule has 48 heavy (non-hydrogen) atoms. The van der Waals surface area contributed by atoms with E-state index >= 15 is 0 Å². The Morgan fingerprint density at radius 2 is 1.27 bits per heavy atom. The summed E-state index contributed by atoms with van der Waals surface area (Å²) in [4.78, 5) is 56.7. The number of phenols is 1. The van der Waals surface area contributed by atoms with E-state index in [0.717, 1.165) is 11.1 Å². The topological polar surface area (TPSA) is 134 Å². The van der Waals surface area contributed by atoms with Crippen LogP contribution in [0.2, 0.25) is 0 Å². The van der Waals surface area contributed by atoms with E-state index in [-0.39, 0.29) is 25.1 Å². The van der Waals surface area contributed by atoms with Gasteiger partial charge in [-0.3, -0.25) is 9.59 Å². The van der Waals surface area contributed by atoms with Crippen molar-refractivity contribution in [3.05, 3.63) is 101 Å². The van der Waals surface area contributed by atoms with Crippen LogP contribution in [-0.4, -0.2) is 63.7 Å². The van der Waals surface area contributed by atoms with Gasteiger partial charge >= 0.3 is 12.1 Å². The Kier molecular flexibility index (Phi) is 12.8. The second-order valence-corrected chi connectivity index (χ2v) is 13.8.